The largest absolute Gasteiger partial charge is 0.0625 e. The molecule has 0 amide bonds. The number of halogens is 1. The van der Waals surface area contributed by atoms with E-state index in [-0.39, 0.29) is 0 Å². The average molecular weight is 130 g/mol. The summed E-state index contributed by atoms with van der Waals surface area (Å²) in [6.07, 6.45) is 1.27. The maximum Gasteiger partial charge on any atom is 0.0110 e. The summed E-state index contributed by atoms with van der Waals surface area (Å²) in [7, 11) is 0. The van der Waals surface area contributed by atoms with Crippen LogP contribution < -0.4 is 0 Å². The minimum Gasteiger partial charge on any atom is -0.0625 e. The predicted molar refractivity (Wildman–Crippen MR) is 25.6 cm³/mol. The first-order chi connectivity index (χ1) is 2.41. The lowest BCUT2D eigenvalue weighted by Gasteiger charge is -1.44. The van der Waals surface area contributed by atoms with E-state index < -0.39 is 0 Å². The Morgan fingerprint density at radius 3 is 2.40 bits per heavy atom. The maximum absolute atomic E-state index is 4.81. The number of rotatable bonds is 0. The zero-order valence-corrected chi connectivity index (χ0v) is 4.12. The van der Waals surface area contributed by atoms with Gasteiger partial charge in [0.25, 0.3) is 0 Å². The van der Waals surface area contributed by atoms with Crippen molar-refractivity contribution in [2.45, 2.75) is 0 Å². The molecule has 0 bridgehead atoms. The van der Waals surface area contributed by atoms with Crippen LogP contribution in [0.3, 0.4) is 0 Å². The van der Waals surface area contributed by atoms with Gasteiger partial charge in [-0.25, -0.2) is 0 Å². The number of allylic oxidation sites excluding steroid dienone is 1. The Hall–Kier alpha value is -0.220. The van der Waals surface area contributed by atoms with E-state index in [9.17, 15) is 0 Å². The fourth-order valence-electron chi connectivity index (χ4n) is 0.0315. The minimum absolute atomic E-state index is 1.27. The van der Waals surface area contributed by atoms with Crippen molar-refractivity contribution in [2.75, 3.05) is 0 Å². The third-order valence-electron chi connectivity index (χ3n) is 0.138. The lowest BCUT2D eigenvalue weighted by atomic mass is 10.7. The van der Waals surface area contributed by atoms with Gasteiger partial charge in [0.2, 0.25) is 0 Å². The minimum atomic E-state index is 1.27. The molecule has 1 heteroatoms. The standard InChI is InChI=1S/C4H2Br/c1-2-3-4-5/h1-2H. The lowest BCUT2D eigenvalue weighted by molar-refractivity contribution is 2.28. The molecule has 25 valence electrons. The molecule has 1 radical (unpaired) electrons. The van der Waals surface area contributed by atoms with Gasteiger partial charge in [-0.1, -0.05) is 12.5 Å². The molecule has 0 heterocycles. The Kier molecular flexibility index (Phi) is 3.61. The zero-order valence-electron chi connectivity index (χ0n) is 2.53. The average Bonchev–Trinajstić information content (AvgIpc) is 1.41. The van der Waals surface area contributed by atoms with Crippen molar-refractivity contribution in [1.29, 1.82) is 0 Å². The molecule has 0 aromatic heterocycles. The molecule has 0 rings (SSSR count). The summed E-state index contributed by atoms with van der Waals surface area (Å²) in [5.41, 5.74) is 0. The highest BCUT2D eigenvalue weighted by atomic mass is 79.9. The van der Waals surface area contributed by atoms with Crippen molar-refractivity contribution in [1.82, 2.24) is 0 Å². The molecule has 0 spiro atoms. The second-order valence-corrected chi connectivity index (χ2v) is 0.802. The van der Waals surface area contributed by atoms with E-state index in [1.54, 1.807) is 0 Å². The molecule has 0 aliphatic rings. The predicted octanol–water partition coefficient (Wildman–Crippen LogP) is 1.33. The molecule has 0 nitrogen and oxygen atoms in total. The van der Waals surface area contributed by atoms with E-state index in [0.29, 0.717) is 0 Å². The molecular weight excluding hydrogens is 128 g/mol. The first-order valence-electron chi connectivity index (χ1n) is 1.06. The first kappa shape index (κ1) is 4.78. The Bertz CT molecular complexity index is 73.4. The Morgan fingerprint density at radius 2 is 2.40 bits per heavy atom. The van der Waals surface area contributed by atoms with Crippen molar-refractivity contribution < 1.29 is 0 Å². The van der Waals surface area contributed by atoms with Crippen LogP contribution in [0, 0.1) is 17.3 Å². The molecule has 5 heavy (non-hydrogen) atoms. The Morgan fingerprint density at radius 1 is 1.80 bits per heavy atom. The fraction of sp³-hybridized carbons (Fsp3) is 0. The second kappa shape index (κ2) is 3.78. The van der Waals surface area contributed by atoms with E-state index in [1.165, 1.54) is 6.08 Å². The highest BCUT2D eigenvalue weighted by Gasteiger charge is 1.39. The van der Waals surface area contributed by atoms with Gasteiger partial charge in [-0.3, -0.25) is 0 Å². The monoisotopic (exact) mass is 129 g/mol. The molecule has 0 aromatic carbocycles. The molecular formula is C4H2Br. The van der Waals surface area contributed by atoms with Crippen LogP contribution in [0.25, 0.3) is 0 Å². The van der Waals surface area contributed by atoms with Gasteiger partial charge in [0.15, 0.2) is 0 Å². The van der Waals surface area contributed by atoms with Crippen LogP contribution >= 0.6 is 15.9 Å². The van der Waals surface area contributed by atoms with Gasteiger partial charge in [0.05, 0.1) is 0 Å². The van der Waals surface area contributed by atoms with Crippen LogP contribution in [0.1, 0.15) is 0 Å². The quantitative estimate of drug-likeness (QED) is 0.434. The molecule has 0 aliphatic heterocycles. The van der Waals surface area contributed by atoms with Crippen molar-refractivity contribution in [3.05, 3.63) is 12.7 Å². The van der Waals surface area contributed by atoms with Crippen molar-refractivity contribution >= 4 is 15.9 Å². The number of hydrogen-bond donors (Lipinski definition) is 0. The van der Waals surface area contributed by atoms with Gasteiger partial charge in [0.1, 0.15) is 0 Å². The summed E-state index contributed by atoms with van der Waals surface area (Å²) < 4.78 is 0. The summed E-state index contributed by atoms with van der Waals surface area (Å²) in [5, 5.41) is 0. The van der Waals surface area contributed by atoms with E-state index in [1.807, 2.05) is 0 Å². The SMILES string of the molecule is [CH]=CC#CBr. The molecule has 0 atom stereocenters. The summed E-state index contributed by atoms with van der Waals surface area (Å²) >= 11 is 2.84. The number of hydrogen-bond acceptors (Lipinski definition) is 0. The fourth-order valence-corrected chi connectivity index (χ4v) is 0.164. The van der Waals surface area contributed by atoms with Crippen molar-refractivity contribution in [2.24, 2.45) is 0 Å². The third kappa shape index (κ3) is 3.78. The molecule has 0 saturated carbocycles. The van der Waals surface area contributed by atoms with Gasteiger partial charge in [0, 0.05) is 15.9 Å². The van der Waals surface area contributed by atoms with Crippen LogP contribution in [0.15, 0.2) is 6.08 Å². The maximum atomic E-state index is 4.81. The normalized spacial score (nSPS) is 4.20. The molecule has 0 saturated heterocycles. The highest BCUT2D eigenvalue weighted by Crippen LogP contribution is 1.66. The molecule has 0 N–H and O–H groups in total. The van der Waals surface area contributed by atoms with Crippen molar-refractivity contribution in [3.63, 3.8) is 0 Å². The Labute approximate surface area is 40.0 Å². The molecule has 0 fully saturated rings. The van der Waals surface area contributed by atoms with Crippen LogP contribution in [0.4, 0.5) is 0 Å². The topological polar surface area (TPSA) is 0 Å². The molecule has 0 unspecified atom stereocenters. The third-order valence-corrected chi connectivity index (χ3v) is 0.367. The Balaban J connectivity index is 3.16. The van der Waals surface area contributed by atoms with Crippen LogP contribution in [0.2, 0.25) is 0 Å². The van der Waals surface area contributed by atoms with Gasteiger partial charge in [-0.2, -0.15) is 0 Å². The smallest absolute Gasteiger partial charge is 0.0110 e. The molecule has 0 aromatic rings. The second-order valence-electron chi connectivity index (χ2n) is 0.405. The van der Waals surface area contributed by atoms with E-state index >= 15 is 0 Å². The lowest BCUT2D eigenvalue weighted by Crippen LogP contribution is -1.30. The van der Waals surface area contributed by atoms with Crippen LogP contribution in [-0.2, 0) is 0 Å². The van der Waals surface area contributed by atoms with E-state index in [2.05, 4.69) is 26.7 Å². The van der Waals surface area contributed by atoms with Crippen LogP contribution in [-0.4, -0.2) is 0 Å². The summed E-state index contributed by atoms with van der Waals surface area (Å²) in [4.78, 5) is 2.40. The zero-order chi connectivity index (χ0) is 4.12. The van der Waals surface area contributed by atoms with Crippen LogP contribution in [0.5, 0.6) is 0 Å². The summed E-state index contributed by atoms with van der Waals surface area (Å²) in [5.74, 6) is 2.43. The summed E-state index contributed by atoms with van der Waals surface area (Å²) in [6.45, 7) is 4.81. The summed E-state index contributed by atoms with van der Waals surface area (Å²) in [6, 6.07) is 0. The highest BCUT2D eigenvalue weighted by molar-refractivity contribution is 9.12. The van der Waals surface area contributed by atoms with Gasteiger partial charge in [-0.05, 0) is 10.9 Å². The first-order valence-corrected chi connectivity index (χ1v) is 1.85. The van der Waals surface area contributed by atoms with E-state index in [0.717, 1.165) is 0 Å². The van der Waals surface area contributed by atoms with Crippen molar-refractivity contribution in [3.8, 4) is 10.8 Å². The molecule has 0 aliphatic carbocycles. The van der Waals surface area contributed by atoms with E-state index in [4.69, 9.17) is 6.58 Å². The van der Waals surface area contributed by atoms with Gasteiger partial charge < -0.3 is 0 Å². The van der Waals surface area contributed by atoms with Gasteiger partial charge >= 0.3 is 0 Å². The van der Waals surface area contributed by atoms with Gasteiger partial charge in [-0.15, -0.1) is 0 Å².